The third kappa shape index (κ3) is 8.17. The van der Waals surface area contributed by atoms with Gasteiger partial charge in [0, 0.05) is 24.0 Å². The Kier molecular flexibility index (Phi) is 7.88. The summed E-state index contributed by atoms with van der Waals surface area (Å²) >= 11 is 0. The van der Waals surface area contributed by atoms with Crippen molar-refractivity contribution in [3.63, 3.8) is 0 Å². The van der Waals surface area contributed by atoms with Crippen molar-refractivity contribution in [2.45, 2.75) is 103 Å². The van der Waals surface area contributed by atoms with Gasteiger partial charge in [-0.3, -0.25) is 4.79 Å². The molecule has 1 saturated heterocycles. The van der Waals surface area contributed by atoms with Crippen LogP contribution >= 0.6 is 0 Å². The van der Waals surface area contributed by atoms with E-state index >= 15 is 0 Å². The second-order valence-electron chi connectivity index (χ2n) is 8.47. The lowest BCUT2D eigenvalue weighted by Gasteiger charge is -2.46. The molecule has 0 unspecified atom stereocenters. The van der Waals surface area contributed by atoms with Crippen molar-refractivity contribution in [1.29, 1.82) is 0 Å². The predicted molar refractivity (Wildman–Crippen MR) is 95.0 cm³/mol. The van der Waals surface area contributed by atoms with Gasteiger partial charge < -0.3 is 10.6 Å². The highest BCUT2D eigenvalue weighted by Gasteiger charge is 2.37. The number of unbranched alkanes of at least 4 members (excludes halogenated alkanes) is 4. The molecule has 0 atom stereocenters. The van der Waals surface area contributed by atoms with Crippen LogP contribution in [0.3, 0.4) is 0 Å². The number of rotatable bonds is 9. The van der Waals surface area contributed by atoms with E-state index in [4.69, 9.17) is 0 Å². The first-order valence-electron chi connectivity index (χ1n) is 9.30. The molecule has 1 rings (SSSR count). The Labute approximate surface area is 138 Å². The van der Waals surface area contributed by atoms with Crippen LogP contribution in [0, 0.1) is 5.92 Å². The molecule has 1 aliphatic rings. The Bertz CT molecular complexity index is 320. The molecule has 0 radical (unpaired) electrons. The summed E-state index contributed by atoms with van der Waals surface area (Å²) in [7, 11) is 0. The SMILES string of the molecule is CCCCCCCC(=O)NCCC1CC(C)(C)NC(C)(C)C1. The Morgan fingerprint density at radius 3 is 2.23 bits per heavy atom. The zero-order valence-electron chi connectivity index (χ0n) is 15.6. The van der Waals surface area contributed by atoms with Crippen molar-refractivity contribution >= 4 is 5.91 Å². The van der Waals surface area contributed by atoms with Crippen molar-refractivity contribution in [3.05, 3.63) is 0 Å². The highest BCUT2D eigenvalue weighted by molar-refractivity contribution is 5.75. The van der Waals surface area contributed by atoms with Gasteiger partial charge >= 0.3 is 0 Å². The molecule has 1 aliphatic heterocycles. The fourth-order valence-corrected chi connectivity index (χ4v) is 4.13. The smallest absolute Gasteiger partial charge is 0.219 e. The van der Waals surface area contributed by atoms with E-state index in [-0.39, 0.29) is 17.0 Å². The molecule has 0 aromatic heterocycles. The minimum atomic E-state index is 0.204. The molecule has 0 bridgehead atoms. The maximum absolute atomic E-state index is 11.8. The van der Waals surface area contributed by atoms with Crippen LogP contribution < -0.4 is 10.6 Å². The number of hydrogen-bond acceptors (Lipinski definition) is 2. The lowest BCUT2D eigenvalue weighted by Crippen LogP contribution is -2.58. The number of nitrogens with one attached hydrogen (secondary N) is 2. The van der Waals surface area contributed by atoms with Crippen LogP contribution in [-0.2, 0) is 4.79 Å². The van der Waals surface area contributed by atoms with Crippen LogP contribution in [-0.4, -0.2) is 23.5 Å². The maximum atomic E-state index is 11.8. The molecular formula is C19H38N2O. The van der Waals surface area contributed by atoms with Gasteiger partial charge in [0.05, 0.1) is 0 Å². The van der Waals surface area contributed by atoms with Gasteiger partial charge in [0.2, 0.25) is 5.91 Å². The second-order valence-corrected chi connectivity index (χ2v) is 8.47. The van der Waals surface area contributed by atoms with Crippen molar-refractivity contribution in [3.8, 4) is 0 Å². The van der Waals surface area contributed by atoms with Gasteiger partial charge in [0.15, 0.2) is 0 Å². The summed E-state index contributed by atoms with van der Waals surface area (Å²) in [6.45, 7) is 12.2. The van der Waals surface area contributed by atoms with Crippen LogP contribution in [0.2, 0.25) is 0 Å². The van der Waals surface area contributed by atoms with Crippen LogP contribution in [0.15, 0.2) is 0 Å². The molecule has 0 saturated carbocycles. The topological polar surface area (TPSA) is 41.1 Å². The molecule has 0 aromatic rings. The van der Waals surface area contributed by atoms with Crippen LogP contribution in [0.5, 0.6) is 0 Å². The molecule has 1 heterocycles. The van der Waals surface area contributed by atoms with E-state index in [9.17, 15) is 4.79 Å². The summed E-state index contributed by atoms with van der Waals surface area (Å²) in [5, 5.41) is 6.83. The normalized spacial score (nSPS) is 20.8. The van der Waals surface area contributed by atoms with Crippen molar-refractivity contribution in [1.82, 2.24) is 10.6 Å². The van der Waals surface area contributed by atoms with E-state index in [1.54, 1.807) is 0 Å². The zero-order valence-corrected chi connectivity index (χ0v) is 15.6. The fourth-order valence-electron chi connectivity index (χ4n) is 4.13. The van der Waals surface area contributed by atoms with Gasteiger partial charge in [0.1, 0.15) is 0 Å². The van der Waals surface area contributed by atoms with Gasteiger partial charge in [-0.1, -0.05) is 32.6 Å². The number of carbonyl (C=O) groups excluding carboxylic acids is 1. The van der Waals surface area contributed by atoms with E-state index in [2.05, 4.69) is 45.3 Å². The Morgan fingerprint density at radius 1 is 1.05 bits per heavy atom. The van der Waals surface area contributed by atoms with E-state index in [0.29, 0.717) is 12.3 Å². The summed E-state index contributed by atoms with van der Waals surface area (Å²) < 4.78 is 0. The Hall–Kier alpha value is -0.570. The minimum absolute atomic E-state index is 0.204. The van der Waals surface area contributed by atoms with E-state index < -0.39 is 0 Å². The minimum Gasteiger partial charge on any atom is -0.356 e. The summed E-state index contributed by atoms with van der Waals surface area (Å²) in [6, 6.07) is 0. The van der Waals surface area contributed by atoms with Gasteiger partial charge in [-0.05, 0) is 59.3 Å². The summed E-state index contributed by atoms with van der Waals surface area (Å²) in [4.78, 5) is 11.8. The molecular weight excluding hydrogens is 272 g/mol. The largest absolute Gasteiger partial charge is 0.356 e. The Balaban J connectivity index is 2.16. The van der Waals surface area contributed by atoms with E-state index in [1.165, 1.54) is 38.5 Å². The highest BCUT2D eigenvalue weighted by atomic mass is 16.1. The first-order valence-corrected chi connectivity index (χ1v) is 9.30. The highest BCUT2D eigenvalue weighted by Crippen LogP contribution is 2.34. The van der Waals surface area contributed by atoms with E-state index in [1.807, 2.05) is 0 Å². The third-order valence-corrected chi connectivity index (χ3v) is 4.66. The first kappa shape index (κ1) is 19.5. The average molecular weight is 311 g/mol. The van der Waals surface area contributed by atoms with Crippen molar-refractivity contribution in [2.75, 3.05) is 6.54 Å². The molecule has 1 amide bonds. The molecule has 3 heteroatoms. The first-order chi connectivity index (χ1) is 10.2. The summed E-state index contributed by atoms with van der Waals surface area (Å²) in [5.74, 6) is 0.944. The van der Waals surface area contributed by atoms with E-state index in [0.717, 1.165) is 19.4 Å². The van der Waals surface area contributed by atoms with Gasteiger partial charge in [-0.2, -0.15) is 0 Å². The third-order valence-electron chi connectivity index (χ3n) is 4.66. The predicted octanol–water partition coefficient (Wildman–Crippen LogP) is 4.41. The number of hydrogen-bond donors (Lipinski definition) is 2. The lowest BCUT2D eigenvalue weighted by molar-refractivity contribution is -0.121. The number of piperidine rings is 1. The van der Waals surface area contributed by atoms with Crippen molar-refractivity contribution in [2.24, 2.45) is 5.92 Å². The molecule has 130 valence electrons. The average Bonchev–Trinajstić information content (AvgIpc) is 2.34. The molecule has 3 nitrogen and oxygen atoms in total. The monoisotopic (exact) mass is 310 g/mol. The van der Waals surface area contributed by atoms with Crippen LogP contribution in [0.1, 0.15) is 92.4 Å². The standard InChI is InChI=1S/C19H38N2O/c1-6-7-8-9-10-11-17(22)20-13-12-16-14-18(2,3)21-19(4,5)15-16/h16,21H,6-15H2,1-5H3,(H,20,22). The van der Waals surface area contributed by atoms with Crippen molar-refractivity contribution < 1.29 is 4.79 Å². The molecule has 1 fully saturated rings. The maximum Gasteiger partial charge on any atom is 0.219 e. The van der Waals surface area contributed by atoms with Crippen LogP contribution in [0.4, 0.5) is 0 Å². The summed E-state index contributed by atoms with van der Waals surface area (Å²) in [5.41, 5.74) is 0.408. The molecule has 22 heavy (non-hydrogen) atoms. The number of carbonyl (C=O) groups is 1. The second kappa shape index (κ2) is 8.90. The fraction of sp³-hybridized carbons (Fsp3) is 0.947. The molecule has 0 aromatic carbocycles. The molecule has 0 aliphatic carbocycles. The number of amides is 1. The lowest BCUT2D eigenvalue weighted by atomic mass is 9.75. The quantitative estimate of drug-likeness (QED) is 0.619. The zero-order chi connectivity index (χ0) is 16.6. The Morgan fingerprint density at radius 2 is 1.64 bits per heavy atom. The van der Waals surface area contributed by atoms with Gasteiger partial charge in [-0.25, -0.2) is 0 Å². The van der Waals surface area contributed by atoms with Gasteiger partial charge in [-0.15, -0.1) is 0 Å². The molecule has 0 spiro atoms. The summed E-state index contributed by atoms with van der Waals surface area (Å²) in [6.07, 6.45) is 10.3. The molecule has 2 N–H and O–H groups in total. The van der Waals surface area contributed by atoms with Crippen LogP contribution in [0.25, 0.3) is 0 Å². The van der Waals surface area contributed by atoms with Gasteiger partial charge in [0.25, 0.3) is 0 Å².